The first-order valence-electron chi connectivity index (χ1n) is 6.87. The lowest BCUT2D eigenvalue weighted by molar-refractivity contribution is -0.141. The van der Waals surface area contributed by atoms with Crippen LogP contribution in [0.3, 0.4) is 0 Å². The first kappa shape index (κ1) is 14.2. The van der Waals surface area contributed by atoms with Crippen LogP contribution in [0.5, 0.6) is 0 Å². The number of carbonyl (C=O) groups is 2. The fourth-order valence-corrected chi connectivity index (χ4v) is 2.60. The van der Waals surface area contributed by atoms with Crippen LogP contribution in [0.15, 0.2) is 30.5 Å². The molecular weight excluding hydrogens is 289 g/mol. The number of amides is 1. The topological polar surface area (TPSA) is 86.3 Å². The average molecular weight is 303 g/mol. The largest absolute Gasteiger partial charge is 0.481 e. The van der Waals surface area contributed by atoms with Gasteiger partial charge in [-0.25, -0.2) is 4.39 Å². The van der Waals surface area contributed by atoms with Gasteiger partial charge >= 0.3 is 5.97 Å². The molecule has 22 heavy (non-hydrogen) atoms. The Hall–Kier alpha value is -2.70. The van der Waals surface area contributed by atoms with Gasteiger partial charge in [0.15, 0.2) is 0 Å². The number of H-pyrrole nitrogens is 1. The van der Waals surface area contributed by atoms with Crippen molar-refractivity contribution in [3.8, 4) is 11.3 Å². The number of aliphatic carboxylic acids is 1. The predicted molar refractivity (Wildman–Crippen MR) is 75.6 cm³/mol. The van der Waals surface area contributed by atoms with Gasteiger partial charge < -0.3 is 10.0 Å². The summed E-state index contributed by atoms with van der Waals surface area (Å²) >= 11 is 0. The van der Waals surface area contributed by atoms with Crippen LogP contribution in [0.2, 0.25) is 0 Å². The number of halogens is 1. The van der Waals surface area contributed by atoms with Crippen LogP contribution >= 0.6 is 0 Å². The summed E-state index contributed by atoms with van der Waals surface area (Å²) in [6.45, 7) is 0.603. The maximum atomic E-state index is 13.0. The summed E-state index contributed by atoms with van der Waals surface area (Å²) in [5.74, 6) is -2.04. The van der Waals surface area contributed by atoms with E-state index in [1.54, 1.807) is 12.1 Å². The molecule has 0 unspecified atom stereocenters. The molecule has 7 heteroatoms. The summed E-state index contributed by atoms with van der Waals surface area (Å²) in [5.41, 5.74) is 1.51. The lowest BCUT2D eigenvalue weighted by Gasteiger charge is -2.15. The van der Waals surface area contributed by atoms with Crippen molar-refractivity contribution in [2.75, 3.05) is 13.1 Å². The molecule has 0 aliphatic carbocycles. The molecule has 1 atom stereocenters. The number of hydrogen-bond acceptors (Lipinski definition) is 3. The SMILES string of the molecule is O=C(O)[C@@H]1CCN(C(=O)c2cn[nH]c2-c2ccc(F)cc2)C1. The van der Waals surface area contributed by atoms with Crippen molar-refractivity contribution in [3.63, 3.8) is 0 Å². The van der Waals surface area contributed by atoms with Crippen molar-refractivity contribution in [1.82, 2.24) is 15.1 Å². The van der Waals surface area contributed by atoms with Gasteiger partial charge in [-0.3, -0.25) is 14.7 Å². The van der Waals surface area contributed by atoms with E-state index in [2.05, 4.69) is 10.2 Å². The van der Waals surface area contributed by atoms with Crippen molar-refractivity contribution in [2.45, 2.75) is 6.42 Å². The number of rotatable bonds is 3. The average Bonchev–Trinajstić information content (AvgIpc) is 3.17. The molecule has 2 aromatic rings. The zero-order valence-electron chi connectivity index (χ0n) is 11.6. The molecule has 114 valence electrons. The molecule has 1 fully saturated rings. The molecular formula is C15H14FN3O3. The number of aromatic nitrogens is 2. The number of carboxylic acid groups (broad SMARTS) is 1. The Kier molecular flexibility index (Phi) is 3.62. The van der Waals surface area contributed by atoms with Crippen molar-refractivity contribution < 1.29 is 19.1 Å². The van der Waals surface area contributed by atoms with Crippen LogP contribution in [-0.2, 0) is 4.79 Å². The minimum Gasteiger partial charge on any atom is -0.481 e. The van der Waals surface area contributed by atoms with Crippen LogP contribution in [0.1, 0.15) is 16.8 Å². The zero-order valence-corrected chi connectivity index (χ0v) is 11.6. The van der Waals surface area contributed by atoms with E-state index >= 15 is 0 Å². The van der Waals surface area contributed by atoms with Gasteiger partial charge in [0.1, 0.15) is 5.82 Å². The fraction of sp³-hybridized carbons (Fsp3) is 0.267. The van der Waals surface area contributed by atoms with Crippen molar-refractivity contribution in [2.24, 2.45) is 5.92 Å². The third-order valence-electron chi connectivity index (χ3n) is 3.83. The summed E-state index contributed by atoms with van der Waals surface area (Å²) in [6.07, 6.45) is 1.86. The lowest BCUT2D eigenvalue weighted by Crippen LogP contribution is -2.30. The molecule has 1 aliphatic heterocycles. The van der Waals surface area contributed by atoms with E-state index < -0.39 is 11.9 Å². The van der Waals surface area contributed by atoms with Crippen LogP contribution in [0.4, 0.5) is 4.39 Å². The van der Waals surface area contributed by atoms with Crippen LogP contribution in [0.25, 0.3) is 11.3 Å². The summed E-state index contributed by atoms with van der Waals surface area (Å²) in [7, 11) is 0. The maximum Gasteiger partial charge on any atom is 0.308 e. The van der Waals surface area contributed by atoms with Gasteiger partial charge in [-0.05, 0) is 30.7 Å². The highest BCUT2D eigenvalue weighted by Gasteiger charge is 2.32. The Bertz CT molecular complexity index is 711. The third-order valence-corrected chi connectivity index (χ3v) is 3.83. The van der Waals surface area contributed by atoms with Gasteiger partial charge in [0.2, 0.25) is 0 Å². The summed E-state index contributed by atoms with van der Waals surface area (Å²) < 4.78 is 13.0. The molecule has 1 saturated heterocycles. The Morgan fingerprint density at radius 2 is 2.05 bits per heavy atom. The molecule has 2 heterocycles. The second-order valence-electron chi connectivity index (χ2n) is 5.24. The van der Waals surface area contributed by atoms with E-state index in [4.69, 9.17) is 5.11 Å². The van der Waals surface area contributed by atoms with E-state index in [1.165, 1.54) is 23.2 Å². The van der Waals surface area contributed by atoms with Gasteiger partial charge in [-0.1, -0.05) is 0 Å². The number of carboxylic acids is 1. The molecule has 6 nitrogen and oxygen atoms in total. The van der Waals surface area contributed by atoms with Crippen molar-refractivity contribution >= 4 is 11.9 Å². The van der Waals surface area contributed by atoms with E-state index in [1.807, 2.05) is 0 Å². The van der Waals surface area contributed by atoms with Gasteiger partial charge in [0.05, 0.1) is 23.4 Å². The Morgan fingerprint density at radius 1 is 1.32 bits per heavy atom. The Morgan fingerprint density at radius 3 is 2.68 bits per heavy atom. The van der Waals surface area contributed by atoms with Gasteiger partial charge in [0, 0.05) is 18.7 Å². The van der Waals surface area contributed by atoms with Gasteiger partial charge in [0.25, 0.3) is 5.91 Å². The summed E-state index contributed by atoms with van der Waals surface area (Å²) in [6, 6.07) is 5.73. The normalized spacial score (nSPS) is 17.7. The molecule has 1 aliphatic rings. The third kappa shape index (κ3) is 2.57. The number of nitrogens with zero attached hydrogens (tertiary/aromatic N) is 2. The first-order valence-corrected chi connectivity index (χ1v) is 6.87. The molecule has 1 amide bonds. The molecule has 3 rings (SSSR count). The van der Waals surface area contributed by atoms with Crippen LogP contribution < -0.4 is 0 Å². The highest BCUT2D eigenvalue weighted by Crippen LogP contribution is 2.25. The molecule has 0 spiro atoms. The minimum atomic E-state index is -0.888. The van der Waals surface area contributed by atoms with E-state index in [0.717, 1.165) is 0 Å². The second kappa shape index (κ2) is 5.59. The lowest BCUT2D eigenvalue weighted by atomic mass is 10.1. The van der Waals surface area contributed by atoms with Crippen LogP contribution in [0, 0.1) is 11.7 Å². The maximum absolute atomic E-state index is 13.0. The number of hydrogen-bond donors (Lipinski definition) is 2. The predicted octanol–water partition coefficient (Wildman–Crippen LogP) is 1.76. The second-order valence-corrected chi connectivity index (χ2v) is 5.24. The van der Waals surface area contributed by atoms with Crippen molar-refractivity contribution in [1.29, 1.82) is 0 Å². The highest BCUT2D eigenvalue weighted by atomic mass is 19.1. The Balaban J connectivity index is 1.84. The number of benzene rings is 1. The quantitative estimate of drug-likeness (QED) is 0.904. The van der Waals surface area contributed by atoms with Crippen LogP contribution in [-0.4, -0.2) is 45.2 Å². The molecule has 0 saturated carbocycles. The van der Waals surface area contributed by atoms with Gasteiger partial charge in [-0.15, -0.1) is 0 Å². The number of aromatic amines is 1. The molecule has 2 N–H and O–H groups in total. The molecule has 0 radical (unpaired) electrons. The zero-order chi connectivity index (χ0) is 15.7. The number of nitrogens with one attached hydrogen (secondary N) is 1. The molecule has 0 bridgehead atoms. The van der Waals surface area contributed by atoms with Gasteiger partial charge in [-0.2, -0.15) is 5.10 Å². The fourth-order valence-electron chi connectivity index (χ4n) is 2.60. The Labute approximate surface area is 125 Å². The summed E-state index contributed by atoms with van der Waals surface area (Å²) in [4.78, 5) is 25.0. The first-order chi connectivity index (χ1) is 10.6. The number of likely N-dealkylation sites (tertiary alicyclic amines) is 1. The molecule has 1 aromatic carbocycles. The highest BCUT2D eigenvalue weighted by molar-refractivity contribution is 6.00. The smallest absolute Gasteiger partial charge is 0.308 e. The number of carbonyl (C=O) groups excluding carboxylic acids is 1. The van der Waals surface area contributed by atoms with E-state index in [-0.39, 0.29) is 18.3 Å². The molecule has 1 aromatic heterocycles. The van der Waals surface area contributed by atoms with E-state index in [9.17, 15) is 14.0 Å². The van der Waals surface area contributed by atoms with E-state index in [0.29, 0.717) is 29.8 Å². The standard InChI is InChI=1S/C15H14FN3O3/c16-11-3-1-9(2-4-11)13-12(7-17-18-13)14(20)19-6-5-10(8-19)15(21)22/h1-4,7,10H,5-6,8H2,(H,17,18)(H,21,22)/t10-/m1/s1. The minimum absolute atomic E-state index is 0.197. The summed E-state index contributed by atoms with van der Waals surface area (Å²) in [5, 5.41) is 15.6. The monoisotopic (exact) mass is 303 g/mol. The van der Waals surface area contributed by atoms with Crippen molar-refractivity contribution in [3.05, 3.63) is 41.8 Å².